The van der Waals surface area contributed by atoms with E-state index in [2.05, 4.69) is 9.97 Å². The van der Waals surface area contributed by atoms with Crippen LogP contribution in [0.25, 0.3) is 0 Å². The second-order valence-electron chi connectivity index (χ2n) is 5.75. The van der Waals surface area contributed by atoms with Crippen molar-refractivity contribution in [1.29, 1.82) is 0 Å². The van der Waals surface area contributed by atoms with Gasteiger partial charge in [-0.2, -0.15) is 0 Å². The summed E-state index contributed by atoms with van der Waals surface area (Å²) in [5.74, 6) is 0.157. The average molecular weight is 265 g/mol. The quantitative estimate of drug-likeness (QED) is 0.834. The number of hydrogen-bond donors (Lipinski definition) is 1. The molecule has 1 atom stereocenters. The molecule has 0 saturated carbocycles. The molecule has 0 bridgehead atoms. The molecule has 0 spiro atoms. The maximum absolute atomic E-state index is 11.9. The SMILES string of the molecule is CC(C)(C)OC(=O)N1CCC(c2c[nH]c(=O)cn2)C1. The molecule has 6 nitrogen and oxygen atoms in total. The number of aromatic nitrogens is 2. The van der Waals surface area contributed by atoms with Gasteiger partial charge in [0.25, 0.3) is 5.56 Å². The number of likely N-dealkylation sites (tertiary alicyclic amines) is 1. The molecule has 1 fully saturated rings. The minimum atomic E-state index is -0.481. The fraction of sp³-hybridized carbons (Fsp3) is 0.615. The van der Waals surface area contributed by atoms with Crippen LogP contribution in [0.5, 0.6) is 0 Å². The van der Waals surface area contributed by atoms with Gasteiger partial charge in [0.15, 0.2) is 0 Å². The Kier molecular flexibility index (Phi) is 3.59. The van der Waals surface area contributed by atoms with E-state index in [4.69, 9.17) is 4.74 Å². The van der Waals surface area contributed by atoms with Gasteiger partial charge in [0.1, 0.15) is 5.60 Å². The monoisotopic (exact) mass is 265 g/mol. The Bertz CT molecular complexity index is 498. The first-order chi connectivity index (χ1) is 8.85. The Hall–Kier alpha value is -1.85. The summed E-state index contributed by atoms with van der Waals surface area (Å²) in [6.45, 7) is 6.78. The Morgan fingerprint density at radius 2 is 2.26 bits per heavy atom. The van der Waals surface area contributed by atoms with Gasteiger partial charge in [-0.3, -0.25) is 9.78 Å². The molecule has 1 aromatic heterocycles. The molecule has 104 valence electrons. The Balaban J connectivity index is 1.98. The highest BCUT2D eigenvalue weighted by Gasteiger charge is 2.31. The summed E-state index contributed by atoms with van der Waals surface area (Å²) >= 11 is 0. The number of nitrogens with zero attached hydrogens (tertiary/aromatic N) is 2. The van der Waals surface area contributed by atoms with Crippen LogP contribution in [0.1, 0.15) is 38.8 Å². The first-order valence-electron chi connectivity index (χ1n) is 6.38. The lowest BCUT2D eigenvalue weighted by Gasteiger charge is -2.24. The molecule has 0 aromatic carbocycles. The molecule has 1 aromatic rings. The van der Waals surface area contributed by atoms with E-state index in [0.29, 0.717) is 13.1 Å². The first-order valence-corrected chi connectivity index (χ1v) is 6.38. The van der Waals surface area contributed by atoms with Crippen LogP contribution in [0.4, 0.5) is 4.79 Å². The minimum absolute atomic E-state index is 0.157. The standard InChI is InChI=1S/C13H19N3O3/c1-13(2,3)19-12(18)16-5-4-9(8-16)10-6-15-11(17)7-14-10/h6-7,9H,4-5,8H2,1-3H3,(H,15,17). The molecule has 1 aliphatic heterocycles. The Morgan fingerprint density at radius 3 is 2.84 bits per heavy atom. The fourth-order valence-corrected chi connectivity index (χ4v) is 2.07. The number of H-pyrrole nitrogens is 1. The van der Waals surface area contributed by atoms with Crippen LogP contribution in [0, 0.1) is 0 Å². The summed E-state index contributed by atoms with van der Waals surface area (Å²) < 4.78 is 5.33. The highest BCUT2D eigenvalue weighted by atomic mass is 16.6. The molecule has 1 N–H and O–H groups in total. The Morgan fingerprint density at radius 1 is 1.53 bits per heavy atom. The lowest BCUT2D eigenvalue weighted by molar-refractivity contribution is 0.0292. The van der Waals surface area contributed by atoms with Crippen molar-refractivity contribution in [3.8, 4) is 0 Å². The van der Waals surface area contributed by atoms with E-state index in [-0.39, 0.29) is 17.6 Å². The Labute approximate surface area is 111 Å². The molecule has 0 radical (unpaired) electrons. The molecule has 2 rings (SSSR count). The summed E-state index contributed by atoms with van der Waals surface area (Å²) in [5.41, 5.74) is 0.113. The van der Waals surface area contributed by atoms with Crippen LogP contribution < -0.4 is 5.56 Å². The summed E-state index contributed by atoms with van der Waals surface area (Å²) in [6, 6.07) is 0. The molecule has 6 heteroatoms. The zero-order valence-electron chi connectivity index (χ0n) is 11.5. The van der Waals surface area contributed by atoms with Gasteiger partial charge >= 0.3 is 6.09 Å². The van der Waals surface area contributed by atoms with Crippen LogP contribution in [0.15, 0.2) is 17.2 Å². The maximum atomic E-state index is 11.9. The van der Waals surface area contributed by atoms with Gasteiger partial charge in [-0.05, 0) is 27.2 Å². The lowest BCUT2D eigenvalue weighted by atomic mass is 10.1. The van der Waals surface area contributed by atoms with Gasteiger partial charge in [-0.1, -0.05) is 0 Å². The number of nitrogens with one attached hydrogen (secondary N) is 1. The number of rotatable bonds is 1. The lowest BCUT2D eigenvalue weighted by Crippen LogP contribution is -2.35. The normalized spacial score (nSPS) is 19.5. The molecule has 0 aliphatic carbocycles. The highest BCUT2D eigenvalue weighted by Crippen LogP contribution is 2.26. The van der Waals surface area contributed by atoms with Gasteiger partial charge in [-0.25, -0.2) is 4.79 Å². The number of ether oxygens (including phenoxy) is 1. The summed E-state index contributed by atoms with van der Waals surface area (Å²) in [5, 5.41) is 0. The number of hydrogen-bond acceptors (Lipinski definition) is 4. The smallest absolute Gasteiger partial charge is 0.410 e. The van der Waals surface area contributed by atoms with E-state index in [0.717, 1.165) is 12.1 Å². The largest absolute Gasteiger partial charge is 0.444 e. The molecule has 1 saturated heterocycles. The second-order valence-corrected chi connectivity index (χ2v) is 5.75. The average Bonchev–Trinajstić information content (AvgIpc) is 2.77. The van der Waals surface area contributed by atoms with E-state index in [9.17, 15) is 9.59 Å². The van der Waals surface area contributed by atoms with Crippen LogP contribution in [0.3, 0.4) is 0 Å². The second kappa shape index (κ2) is 5.03. The van der Waals surface area contributed by atoms with Crippen molar-refractivity contribution in [2.24, 2.45) is 0 Å². The van der Waals surface area contributed by atoms with Crippen LogP contribution in [-0.4, -0.2) is 39.7 Å². The van der Waals surface area contributed by atoms with Crippen LogP contribution in [0.2, 0.25) is 0 Å². The van der Waals surface area contributed by atoms with Gasteiger partial charge in [0, 0.05) is 25.2 Å². The van der Waals surface area contributed by atoms with Gasteiger partial charge in [0.2, 0.25) is 0 Å². The third kappa shape index (κ3) is 3.56. The predicted octanol–water partition coefficient (Wildman–Crippen LogP) is 1.49. The molecular formula is C13H19N3O3. The van der Waals surface area contributed by atoms with Crippen LogP contribution in [-0.2, 0) is 4.74 Å². The summed E-state index contributed by atoms with van der Waals surface area (Å²) in [4.78, 5) is 31.3. The molecule has 1 amide bonds. The van der Waals surface area contributed by atoms with Crippen molar-refractivity contribution in [3.05, 3.63) is 28.4 Å². The molecular weight excluding hydrogens is 246 g/mol. The first kappa shape index (κ1) is 13.6. The van der Waals surface area contributed by atoms with E-state index in [1.54, 1.807) is 11.1 Å². The number of aromatic amines is 1. The van der Waals surface area contributed by atoms with Crippen molar-refractivity contribution >= 4 is 6.09 Å². The van der Waals surface area contributed by atoms with Crippen molar-refractivity contribution in [1.82, 2.24) is 14.9 Å². The minimum Gasteiger partial charge on any atom is -0.444 e. The fourth-order valence-electron chi connectivity index (χ4n) is 2.07. The third-order valence-corrected chi connectivity index (χ3v) is 2.95. The molecule has 2 heterocycles. The van der Waals surface area contributed by atoms with E-state index in [1.165, 1.54) is 6.20 Å². The summed E-state index contributed by atoms with van der Waals surface area (Å²) in [7, 11) is 0. The van der Waals surface area contributed by atoms with Gasteiger partial charge in [-0.15, -0.1) is 0 Å². The van der Waals surface area contributed by atoms with Gasteiger partial charge in [0.05, 0.1) is 11.9 Å². The van der Waals surface area contributed by atoms with Crippen LogP contribution >= 0.6 is 0 Å². The maximum Gasteiger partial charge on any atom is 0.410 e. The zero-order chi connectivity index (χ0) is 14.0. The van der Waals surface area contributed by atoms with E-state index < -0.39 is 5.60 Å². The number of carbonyl (C=O) groups excluding carboxylic acids is 1. The summed E-state index contributed by atoms with van der Waals surface area (Å²) in [6.07, 6.45) is 3.43. The number of carbonyl (C=O) groups is 1. The van der Waals surface area contributed by atoms with E-state index >= 15 is 0 Å². The topological polar surface area (TPSA) is 75.3 Å². The zero-order valence-corrected chi connectivity index (χ0v) is 11.5. The predicted molar refractivity (Wildman–Crippen MR) is 70.0 cm³/mol. The van der Waals surface area contributed by atoms with Crippen molar-refractivity contribution in [2.45, 2.75) is 38.7 Å². The highest BCUT2D eigenvalue weighted by molar-refractivity contribution is 5.68. The molecule has 1 unspecified atom stereocenters. The van der Waals surface area contributed by atoms with Crippen molar-refractivity contribution in [2.75, 3.05) is 13.1 Å². The van der Waals surface area contributed by atoms with Gasteiger partial charge < -0.3 is 14.6 Å². The third-order valence-electron chi connectivity index (χ3n) is 2.95. The number of amides is 1. The molecule has 19 heavy (non-hydrogen) atoms. The van der Waals surface area contributed by atoms with Crippen molar-refractivity contribution in [3.63, 3.8) is 0 Å². The van der Waals surface area contributed by atoms with Crippen molar-refractivity contribution < 1.29 is 9.53 Å². The van der Waals surface area contributed by atoms with E-state index in [1.807, 2.05) is 20.8 Å². The molecule has 1 aliphatic rings.